The van der Waals surface area contributed by atoms with Crippen LogP contribution in [0.15, 0.2) is 0 Å². The van der Waals surface area contributed by atoms with Gasteiger partial charge in [-0.3, -0.25) is 9.59 Å². The van der Waals surface area contributed by atoms with Gasteiger partial charge in [0.05, 0.1) is 12.5 Å². The van der Waals surface area contributed by atoms with E-state index in [1.54, 1.807) is 6.92 Å². The van der Waals surface area contributed by atoms with Crippen molar-refractivity contribution in [1.82, 2.24) is 4.72 Å². The summed E-state index contributed by atoms with van der Waals surface area (Å²) in [7, 11) is -3.86. The van der Waals surface area contributed by atoms with Gasteiger partial charge in [-0.25, -0.2) is 13.1 Å². The molecule has 0 aliphatic carbocycles. The molecule has 0 amide bonds. The summed E-state index contributed by atoms with van der Waals surface area (Å²) in [6.45, 7) is 5.14. The summed E-state index contributed by atoms with van der Waals surface area (Å²) in [5, 5.41) is 8.96. The molecule has 0 aromatic heterocycles. The second kappa shape index (κ2) is 8.11. The fourth-order valence-corrected chi connectivity index (χ4v) is 2.43. The van der Waals surface area contributed by atoms with Crippen molar-refractivity contribution in [2.45, 2.75) is 27.2 Å². The van der Waals surface area contributed by atoms with Crippen LogP contribution in [0.1, 0.15) is 27.2 Å². The fourth-order valence-electron chi connectivity index (χ4n) is 1.48. The Labute approximate surface area is 113 Å². The van der Waals surface area contributed by atoms with Crippen molar-refractivity contribution in [3.05, 3.63) is 0 Å². The lowest BCUT2D eigenvalue weighted by molar-refractivity contribution is -0.142. The number of carbonyl (C=O) groups is 2. The van der Waals surface area contributed by atoms with Crippen molar-refractivity contribution in [2.24, 2.45) is 11.8 Å². The number of sulfonamides is 1. The van der Waals surface area contributed by atoms with Crippen LogP contribution in [0.4, 0.5) is 0 Å². The molecule has 0 saturated heterocycles. The molecule has 1 atom stereocenters. The standard InChI is InChI=1S/C11H21NO6S/c1-4-18-10(13)7-19(16,17)12-6-9(11(14)15)5-8(2)3/h8-9,12H,4-7H2,1-3H3,(H,14,15). The molecule has 112 valence electrons. The van der Waals surface area contributed by atoms with Crippen molar-refractivity contribution in [1.29, 1.82) is 0 Å². The second-order valence-corrected chi connectivity index (χ2v) is 6.38. The highest BCUT2D eigenvalue weighted by Gasteiger charge is 2.23. The molecule has 0 radical (unpaired) electrons. The number of aliphatic carboxylic acids is 1. The third kappa shape index (κ3) is 8.55. The molecule has 0 heterocycles. The van der Waals surface area contributed by atoms with Gasteiger partial charge in [-0.15, -0.1) is 0 Å². The molecular formula is C11H21NO6S. The molecule has 0 aromatic carbocycles. The first kappa shape index (κ1) is 17.8. The summed E-state index contributed by atoms with van der Waals surface area (Å²) in [6.07, 6.45) is 0.358. The topological polar surface area (TPSA) is 110 Å². The van der Waals surface area contributed by atoms with Gasteiger partial charge in [-0.05, 0) is 19.3 Å². The Morgan fingerprint density at radius 1 is 1.32 bits per heavy atom. The first-order chi connectivity index (χ1) is 8.68. The molecule has 0 rings (SSSR count). The van der Waals surface area contributed by atoms with Crippen molar-refractivity contribution in [3.8, 4) is 0 Å². The van der Waals surface area contributed by atoms with E-state index in [0.29, 0.717) is 6.42 Å². The molecule has 19 heavy (non-hydrogen) atoms. The Morgan fingerprint density at radius 3 is 2.32 bits per heavy atom. The van der Waals surface area contributed by atoms with E-state index in [9.17, 15) is 18.0 Å². The summed E-state index contributed by atoms with van der Waals surface area (Å²) in [6, 6.07) is 0. The van der Waals surface area contributed by atoms with E-state index in [2.05, 4.69) is 9.46 Å². The molecule has 1 unspecified atom stereocenters. The molecule has 0 bridgehead atoms. The fraction of sp³-hybridized carbons (Fsp3) is 0.818. The highest BCUT2D eigenvalue weighted by atomic mass is 32.2. The molecule has 0 aliphatic heterocycles. The molecule has 0 aromatic rings. The largest absolute Gasteiger partial charge is 0.481 e. The Kier molecular flexibility index (Phi) is 7.62. The molecule has 8 heteroatoms. The first-order valence-corrected chi connectivity index (χ1v) is 7.69. The van der Waals surface area contributed by atoms with E-state index in [1.807, 2.05) is 13.8 Å². The lowest BCUT2D eigenvalue weighted by Gasteiger charge is -2.15. The predicted molar refractivity (Wildman–Crippen MR) is 69.0 cm³/mol. The molecule has 0 aliphatic rings. The van der Waals surface area contributed by atoms with Gasteiger partial charge in [0.1, 0.15) is 0 Å². The smallest absolute Gasteiger partial charge is 0.322 e. The molecule has 2 N–H and O–H groups in total. The van der Waals surface area contributed by atoms with Gasteiger partial charge >= 0.3 is 11.9 Å². The van der Waals surface area contributed by atoms with E-state index in [0.717, 1.165) is 0 Å². The Morgan fingerprint density at radius 2 is 1.89 bits per heavy atom. The van der Waals surface area contributed by atoms with Crippen LogP contribution in [-0.4, -0.2) is 44.4 Å². The number of ether oxygens (including phenoxy) is 1. The summed E-state index contributed by atoms with van der Waals surface area (Å²) < 4.78 is 29.7. The van der Waals surface area contributed by atoms with Gasteiger partial charge in [-0.1, -0.05) is 13.8 Å². The minimum Gasteiger partial charge on any atom is -0.481 e. The van der Waals surface area contributed by atoms with E-state index >= 15 is 0 Å². The summed E-state index contributed by atoms with van der Waals surface area (Å²) in [5.41, 5.74) is 0. The van der Waals surface area contributed by atoms with Crippen LogP contribution in [0.5, 0.6) is 0 Å². The Balaban J connectivity index is 4.41. The van der Waals surface area contributed by atoms with E-state index in [1.165, 1.54) is 0 Å². The quantitative estimate of drug-likeness (QED) is 0.589. The SMILES string of the molecule is CCOC(=O)CS(=O)(=O)NCC(CC(C)C)C(=O)O. The average molecular weight is 295 g/mol. The number of carboxylic acid groups (broad SMARTS) is 1. The number of hydrogen-bond donors (Lipinski definition) is 2. The van der Waals surface area contributed by atoms with E-state index in [4.69, 9.17) is 5.11 Å². The summed E-state index contributed by atoms with van der Waals surface area (Å²) in [4.78, 5) is 22.0. The zero-order valence-corrected chi connectivity index (χ0v) is 12.2. The van der Waals surface area contributed by atoms with Crippen LogP contribution in [0.25, 0.3) is 0 Å². The first-order valence-electron chi connectivity index (χ1n) is 6.03. The number of nitrogens with one attached hydrogen (secondary N) is 1. The number of carboxylic acids is 1. The maximum Gasteiger partial charge on any atom is 0.322 e. The number of rotatable bonds is 9. The van der Waals surface area contributed by atoms with Gasteiger partial charge in [-0.2, -0.15) is 0 Å². The zero-order chi connectivity index (χ0) is 15.1. The number of hydrogen-bond acceptors (Lipinski definition) is 5. The molecule has 0 saturated carbocycles. The normalized spacial score (nSPS) is 13.3. The average Bonchev–Trinajstić information content (AvgIpc) is 2.22. The molecule has 7 nitrogen and oxygen atoms in total. The molecular weight excluding hydrogens is 274 g/mol. The third-order valence-corrected chi connectivity index (χ3v) is 3.49. The highest BCUT2D eigenvalue weighted by Crippen LogP contribution is 2.11. The molecule has 0 fully saturated rings. The van der Waals surface area contributed by atoms with Gasteiger partial charge in [0, 0.05) is 6.54 Å². The molecule has 0 spiro atoms. The number of esters is 1. The maximum absolute atomic E-state index is 11.5. The van der Waals surface area contributed by atoms with Gasteiger partial charge < -0.3 is 9.84 Å². The Hall–Kier alpha value is -1.15. The van der Waals surface area contributed by atoms with Crippen molar-refractivity contribution in [2.75, 3.05) is 18.9 Å². The van der Waals surface area contributed by atoms with E-state index in [-0.39, 0.29) is 19.1 Å². The summed E-state index contributed by atoms with van der Waals surface area (Å²) in [5.74, 6) is -3.39. The van der Waals surface area contributed by atoms with E-state index < -0.39 is 33.6 Å². The van der Waals surface area contributed by atoms with Gasteiger partial charge in [0.25, 0.3) is 0 Å². The highest BCUT2D eigenvalue weighted by molar-refractivity contribution is 7.90. The predicted octanol–water partition coefficient (Wildman–Crippen LogP) is 0.216. The second-order valence-electron chi connectivity index (χ2n) is 4.58. The zero-order valence-electron chi connectivity index (χ0n) is 11.4. The monoisotopic (exact) mass is 295 g/mol. The van der Waals surface area contributed by atoms with Crippen molar-refractivity contribution < 1.29 is 27.9 Å². The van der Waals surface area contributed by atoms with Crippen LogP contribution in [0, 0.1) is 11.8 Å². The lowest BCUT2D eigenvalue weighted by Crippen LogP contribution is -2.37. The van der Waals surface area contributed by atoms with Crippen molar-refractivity contribution in [3.63, 3.8) is 0 Å². The van der Waals surface area contributed by atoms with Gasteiger partial charge in [0.15, 0.2) is 5.75 Å². The van der Waals surface area contributed by atoms with Crippen LogP contribution in [-0.2, 0) is 24.3 Å². The van der Waals surface area contributed by atoms with Crippen LogP contribution in [0.2, 0.25) is 0 Å². The van der Waals surface area contributed by atoms with Crippen molar-refractivity contribution >= 4 is 22.0 Å². The number of carbonyl (C=O) groups excluding carboxylic acids is 1. The minimum atomic E-state index is -3.86. The Bertz CT molecular complexity index is 403. The maximum atomic E-state index is 11.5. The van der Waals surface area contributed by atoms with Crippen LogP contribution >= 0.6 is 0 Å². The summed E-state index contributed by atoms with van der Waals surface area (Å²) >= 11 is 0. The minimum absolute atomic E-state index is 0.0967. The van der Waals surface area contributed by atoms with Gasteiger partial charge in [0.2, 0.25) is 10.0 Å². The van der Waals surface area contributed by atoms with Crippen LogP contribution in [0.3, 0.4) is 0 Å². The lowest BCUT2D eigenvalue weighted by atomic mass is 9.98. The third-order valence-electron chi connectivity index (χ3n) is 2.27. The van der Waals surface area contributed by atoms with Crippen LogP contribution < -0.4 is 4.72 Å².